The molecule has 3 aromatic heterocycles. The molecule has 0 radical (unpaired) electrons. The number of halogens is 4. The summed E-state index contributed by atoms with van der Waals surface area (Å²) in [5.41, 5.74) is 3.33. The van der Waals surface area contributed by atoms with Gasteiger partial charge in [0.05, 0.1) is 28.0 Å². The van der Waals surface area contributed by atoms with Gasteiger partial charge in [0.15, 0.2) is 18.2 Å². The molecule has 5 rings (SSSR count). The van der Waals surface area contributed by atoms with E-state index in [1.165, 1.54) is 11.5 Å². The number of benzene rings is 1. The highest BCUT2D eigenvalue weighted by molar-refractivity contribution is 7.10. The number of aliphatic carboxylic acids is 1. The Morgan fingerprint density at radius 2 is 2.08 bits per heavy atom. The number of aromatic nitrogens is 5. The summed E-state index contributed by atoms with van der Waals surface area (Å²) in [5, 5.41) is 19.3. The summed E-state index contributed by atoms with van der Waals surface area (Å²) in [5.74, 6) is -2.00. The molecule has 1 amide bonds. The van der Waals surface area contributed by atoms with Crippen LogP contribution < -0.4 is 14.8 Å². The quantitative estimate of drug-likeness (QED) is 0.333. The van der Waals surface area contributed by atoms with Crippen molar-refractivity contribution in [2.24, 2.45) is 7.05 Å². The molecule has 15 heteroatoms. The number of alkyl halides is 3. The molecule has 0 spiro atoms. The third-order valence-electron chi connectivity index (χ3n) is 5.09. The van der Waals surface area contributed by atoms with Crippen LogP contribution in [-0.4, -0.2) is 49.3 Å². The maximum Gasteiger partial charge on any atom is 0.490 e. The number of pyridine rings is 1. The third-order valence-corrected chi connectivity index (χ3v) is 6.13. The zero-order valence-electron chi connectivity index (χ0n) is 18.5. The Labute approximate surface area is 210 Å². The fourth-order valence-corrected chi connectivity index (χ4v) is 4.34. The standard InChI is InChI=1S/C19H17ClN7OS.C2HF3O2/c1-26-9-11(7-12(10-26)27-6-2-3-16(27)28)18-23-19(29-25-18)22-15-5-4-14-13(17(15)20)8-21-24-14;3-2(4,5)1(6)7/h4-5,7-10H,2-3,6H2,1H3,(H,21,24)(H,22,23,25);(H,6,7)/q+1;. The fraction of sp³-hybridized carbons (Fsp3) is 0.238. The minimum absolute atomic E-state index is 0.153. The first-order valence-corrected chi connectivity index (χ1v) is 11.5. The summed E-state index contributed by atoms with van der Waals surface area (Å²) in [6.07, 6.45) is 1.98. The van der Waals surface area contributed by atoms with Gasteiger partial charge in [-0.1, -0.05) is 11.6 Å². The summed E-state index contributed by atoms with van der Waals surface area (Å²) in [4.78, 5) is 27.4. The van der Waals surface area contributed by atoms with Crippen LogP contribution in [0.15, 0.2) is 36.8 Å². The van der Waals surface area contributed by atoms with E-state index < -0.39 is 12.1 Å². The number of rotatable bonds is 4. The SMILES string of the molecule is C[n+]1cc(-c2nsc(Nc3ccc4[nH]ncc4c3Cl)n2)cc(N2CCCC2=O)c1.O=C(O)C(F)(F)F. The Bertz CT molecular complexity index is 1440. The van der Waals surface area contributed by atoms with Gasteiger partial charge in [-0.3, -0.25) is 9.89 Å². The molecule has 4 heterocycles. The molecular formula is C21H18ClF3N7O3S+. The molecule has 188 valence electrons. The van der Waals surface area contributed by atoms with Crippen molar-refractivity contribution in [3.8, 4) is 11.4 Å². The van der Waals surface area contributed by atoms with Gasteiger partial charge in [0.2, 0.25) is 11.0 Å². The molecule has 0 atom stereocenters. The van der Waals surface area contributed by atoms with Gasteiger partial charge in [0.1, 0.15) is 12.7 Å². The molecule has 0 saturated carbocycles. The van der Waals surface area contributed by atoms with Crippen LogP contribution in [0.5, 0.6) is 0 Å². The number of fused-ring (bicyclic) bond motifs is 1. The van der Waals surface area contributed by atoms with Crippen molar-refractivity contribution in [3.05, 3.63) is 41.8 Å². The molecule has 10 nitrogen and oxygen atoms in total. The number of carbonyl (C=O) groups is 2. The van der Waals surface area contributed by atoms with Crippen molar-refractivity contribution in [1.29, 1.82) is 0 Å². The van der Waals surface area contributed by atoms with Crippen LogP contribution in [0.2, 0.25) is 5.02 Å². The number of carboxylic acids is 1. The molecular weight excluding hydrogens is 523 g/mol. The second-order valence-electron chi connectivity index (χ2n) is 7.71. The number of nitrogens with zero attached hydrogens (tertiary/aromatic N) is 5. The minimum atomic E-state index is -5.08. The van der Waals surface area contributed by atoms with E-state index in [2.05, 4.69) is 24.9 Å². The summed E-state index contributed by atoms with van der Waals surface area (Å²) < 4.78 is 38.1. The number of hydrogen-bond acceptors (Lipinski definition) is 7. The largest absolute Gasteiger partial charge is 0.490 e. The first-order chi connectivity index (χ1) is 17.0. The molecule has 1 saturated heterocycles. The lowest BCUT2D eigenvalue weighted by Crippen LogP contribution is -2.32. The number of aromatic amines is 1. The third kappa shape index (κ3) is 5.54. The molecule has 36 heavy (non-hydrogen) atoms. The van der Waals surface area contributed by atoms with Crippen LogP contribution in [0.25, 0.3) is 22.3 Å². The van der Waals surface area contributed by atoms with Crippen LogP contribution >= 0.6 is 23.1 Å². The Morgan fingerprint density at radius 1 is 1.33 bits per heavy atom. The van der Waals surface area contributed by atoms with E-state index in [0.29, 0.717) is 22.4 Å². The van der Waals surface area contributed by atoms with E-state index in [4.69, 9.17) is 21.5 Å². The number of nitrogens with one attached hydrogen (secondary N) is 2. The van der Waals surface area contributed by atoms with Gasteiger partial charge in [0.25, 0.3) is 0 Å². The van der Waals surface area contributed by atoms with Gasteiger partial charge in [-0.25, -0.2) is 9.36 Å². The van der Waals surface area contributed by atoms with E-state index in [1.807, 2.05) is 47.1 Å². The first-order valence-electron chi connectivity index (χ1n) is 10.4. The lowest BCUT2D eigenvalue weighted by molar-refractivity contribution is -0.670. The topological polar surface area (TPSA) is 128 Å². The van der Waals surface area contributed by atoms with Crippen molar-refractivity contribution >= 4 is 62.4 Å². The van der Waals surface area contributed by atoms with Crippen LogP contribution in [-0.2, 0) is 16.6 Å². The maximum atomic E-state index is 12.1. The Morgan fingerprint density at radius 3 is 2.75 bits per heavy atom. The van der Waals surface area contributed by atoms with Crippen molar-refractivity contribution in [2.75, 3.05) is 16.8 Å². The molecule has 1 fully saturated rings. The molecule has 1 aliphatic heterocycles. The summed E-state index contributed by atoms with van der Waals surface area (Å²) >= 11 is 7.73. The van der Waals surface area contributed by atoms with Crippen LogP contribution in [0.1, 0.15) is 12.8 Å². The predicted octanol–water partition coefficient (Wildman–Crippen LogP) is 4.06. The van der Waals surface area contributed by atoms with Crippen molar-refractivity contribution in [3.63, 3.8) is 0 Å². The maximum absolute atomic E-state index is 12.1. The zero-order chi connectivity index (χ0) is 26.0. The average Bonchev–Trinajstić information content (AvgIpc) is 3.56. The van der Waals surface area contributed by atoms with Crippen molar-refractivity contribution < 1.29 is 32.4 Å². The summed E-state index contributed by atoms with van der Waals surface area (Å²) in [6.45, 7) is 0.745. The predicted molar refractivity (Wildman–Crippen MR) is 126 cm³/mol. The summed E-state index contributed by atoms with van der Waals surface area (Å²) in [7, 11) is 1.93. The number of hydrogen-bond donors (Lipinski definition) is 3. The first kappa shape index (κ1) is 25.3. The molecule has 3 N–H and O–H groups in total. The fourth-order valence-electron chi connectivity index (χ4n) is 3.48. The molecule has 0 unspecified atom stereocenters. The van der Waals surface area contributed by atoms with Gasteiger partial charge in [0, 0.05) is 29.9 Å². The van der Waals surface area contributed by atoms with Gasteiger partial charge in [-0.15, -0.1) is 0 Å². The zero-order valence-corrected chi connectivity index (χ0v) is 20.1. The van der Waals surface area contributed by atoms with Crippen LogP contribution in [0, 0.1) is 0 Å². The van der Waals surface area contributed by atoms with E-state index in [1.54, 1.807) is 6.20 Å². The number of H-pyrrole nitrogens is 1. The highest BCUT2D eigenvalue weighted by atomic mass is 35.5. The van der Waals surface area contributed by atoms with Gasteiger partial charge >= 0.3 is 12.1 Å². The number of carboxylic acid groups (broad SMARTS) is 1. The Kier molecular flexibility index (Phi) is 7.08. The Balaban J connectivity index is 0.000000384. The average molecular weight is 541 g/mol. The van der Waals surface area contributed by atoms with Gasteiger partial charge in [-0.2, -0.15) is 27.6 Å². The van der Waals surface area contributed by atoms with E-state index in [0.717, 1.165) is 40.8 Å². The Hall–Kier alpha value is -3.78. The van der Waals surface area contributed by atoms with Gasteiger partial charge < -0.3 is 15.3 Å². The highest BCUT2D eigenvalue weighted by Gasteiger charge is 2.38. The normalized spacial score (nSPS) is 13.6. The second kappa shape index (κ2) is 10.1. The molecule has 1 aromatic carbocycles. The second-order valence-corrected chi connectivity index (χ2v) is 8.84. The summed E-state index contributed by atoms with van der Waals surface area (Å²) in [6, 6.07) is 5.75. The smallest absolute Gasteiger partial charge is 0.475 e. The number of anilines is 3. The van der Waals surface area contributed by atoms with E-state index in [-0.39, 0.29) is 5.91 Å². The lowest BCUT2D eigenvalue weighted by Gasteiger charge is -2.14. The van der Waals surface area contributed by atoms with Crippen molar-refractivity contribution in [2.45, 2.75) is 19.0 Å². The van der Waals surface area contributed by atoms with Crippen molar-refractivity contribution in [1.82, 2.24) is 19.6 Å². The van der Waals surface area contributed by atoms with Crippen LogP contribution in [0.4, 0.5) is 29.7 Å². The van der Waals surface area contributed by atoms with E-state index >= 15 is 0 Å². The number of carbonyl (C=O) groups excluding carboxylic acids is 1. The van der Waals surface area contributed by atoms with Gasteiger partial charge in [-0.05, 0) is 24.6 Å². The minimum Gasteiger partial charge on any atom is -0.475 e. The van der Waals surface area contributed by atoms with E-state index in [9.17, 15) is 18.0 Å². The molecule has 0 aliphatic carbocycles. The molecule has 4 aromatic rings. The number of amides is 1. The monoisotopic (exact) mass is 540 g/mol. The number of aryl methyl sites for hydroxylation is 1. The van der Waals surface area contributed by atoms with Crippen LogP contribution in [0.3, 0.4) is 0 Å². The lowest BCUT2D eigenvalue weighted by atomic mass is 10.2. The molecule has 0 bridgehead atoms. The molecule has 1 aliphatic rings. The highest BCUT2D eigenvalue weighted by Crippen LogP contribution is 2.33.